The van der Waals surface area contributed by atoms with Gasteiger partial charge >= 0.3 is 0 Å². The highest BCUT2D eigenvalue weighted by atomic mass is 16.3. The highest BCUT2D eigenvalue weighted by Gasteiger charge is 2.25. The van der Waals surface area contributed by atoms with Crippen LogP contribution in [0.25, 0.3) is 0 Å². The van der Waals surface area contributed by atoms with Crippen LogP contribution in [0.3, 0.4) is 0 Å². The van der Waals surface area contributed by atoms with E-state index in [1.807, 2.05) is 18.2 Å². The Labute approximate surface area is 136 Å². The van der Waals surface area contributed by atoms with Crippen LogP contribution in [0.2, 0.25) is 0 Å². The number of nitrogens with one attached hydrogen (secondary N) is 1. The molecule has 2 atom stereocenters. The Bertz CT molecular complexity index is 602. The lowest BCUT2D eigenvalue weighted by Gasteiger charge is -2.24. The number of rotatable bonds is 7. The standard InChI is InChI=1S/C17H24N4O2/c1-13(6-7-15-5-3-9-23-15)20-16-10-17(19-12-18-16)21-8-2-4-14(21)11-22/h3,5,9-10,12-14,22H,2,4,6-8,11H2,1H3,(H,18,19,20)/t13-,14+/m1/s1. The van der Waals surface area contributed by atoms with Crippen LogP contribution < -0.4 is 10.2 Å². The van der Waals surface area contributed by atoms with Gasteiger partial charge in [0.25, 0.3) is 0 Å². The van der Waals surface area contributed by atoms with E-state index < -0.39 is 0 Å². The van der Waals surface area contributed by atoms with Crippen molar-refractivity contribution in [2.75, 3.05) is 23.4 Å². The molecule has 0 unspecified atom stereocenters. The fraction of sp³-hybridized carbons (Fsp3) is 0.529. The van der Waals surface area contributed by atoms with E-state index in [1.165, 1.54) is 0 Å². The number of aliphatic hydroxyl groups excluding tert-OH is 1. The molecule has 0 bridgehead atoms. The third-order valence-corrected chi connectivity index (χ3v) is 4.33. The van der Waals surface area contributed by atoms with Gasteiger partial charge in [-0.2, -0.15) is 0 Å². The molecule has 0 radical (unpaired) electrons. The van der Waals surface area contributed by atoms with Gasteiger partial charge in [0.1, 0.15) is 23.7 Å². The van der Waals surface area contributed by atoms with Crippen molar-refractivity contribution in [1.29, 1.82) is 0 Å². The minimum atomic E-state index is 0.173. The number of anilines is 2. The molecule has 23 heavy (non-hydrogen) atoms. The first kappa shape index (κ1) is 15.8. The average molecular weight is 316 g/mol. The first-order valence-corrected chi connectivity index (χ1v) is 8.24. The van der Waals surface area contributed by atoms with Crippen molar-refractivity contribution < 1.29 is 9.52 Å². The minimum Gasteiger partial charge on any atom is -0.469 e. The molecule has 0 aliphatic carbocycles. The fourth-order valence-electron chi connectivity index (χ4n) is 3.05. The quantitative estimate of drug-likeness (QED) is 0.817. The van der Waals surface area contributed by atoms with Gasteiger partial charge in [0, 0.05) is 25.1 Å². The van der Waals surface area contributed by atoms with Crippen molar-refractivity contribution in [2.45, 2.75) is 44.7 Å². The molecule has 0 saturated carbocycles. The number of aliphatic hydroxyl groups is 1. The molecule has 124 valence electrons. The Morgan fingerprint density at radius 2 is 2.39 bits per heavy atom. The summed E-state index contributed by atoms with van der Waals surface area (Å²) in [6.07, 6.45) is 7.27. The Morgan fingerprint density at radius 3 is 3.17 bits per heavy atom. The summed E-state index contributed by atoms with van der Waals surface area (Å²) in [5.41, 5.74) is 0. The van der Waals surface area contributed by atoms with Crippen molar-refractivity contribution in [1.82, 2.24) is 9.97 Å². The summed E-state index contributed by atoms with van der Waals surface area (Å²) in [7, 11) is 0. The summed E-state index contributed by atoms with van der Waals surface area (Å²) < 4.78 is 5.36. The summed E-state index contributed by atoms with van der Waals surface area (Å²) in [4.78, 5) is 10.8. The summed E-state index contributed by atoms with van der Waals surface area (Å²) in [6, 6.07) is 6.34. The van der Waals surface area contributed by atoms with Crippen molar-refractivity contribution in [3.05, 3.63) is 36.5 Å². The largest absolute Gasteiger partial charge is 0.469 e. The lowest BCUT2D eigenvalue weighted by molar-refractivity contribution is 0.266. The highest BCUT2D eigenvalue weighted by molar-refractivity contribution is 5.50. The van der Waals surface area contributed by atoms with Crippen molar-refractivity contribution in [3.8, 4) is 0 Å². The SMILES string of the molecule is C[C@H](CCc1ccco1)Nc1cc(N2CCC[C@H]2CO)ncn1. The highest BCUT2D eigenvalue weighted by Crippen LogP contribution is 2.24. The van der Waals surface area contributed by atoms with E-state index >= 15 is 0 Å². The maximum atomic E-state index is 9.46. The second-order valence-electron chi connectivity index (χ2n) is 6.10. The van der Waals surface area contributed by atoms with Crippen LogP contribution in [0.4, 0.5) is 11.6 Å². The van der Waals surface area contributed by atoms with Gasteiger partial charge < -0.3 is 19.7 Å². The van der Waals surface area contributed by atoms with Gasteiger partial charge in [-0.1, -0.05) is 0 Å². The fourth-order valence-corrected chi connectivity index (χ4v) is 3.05. The normalized spacial score (nSPS) is 19.0. The van der Waals surface area contributed by atoms with Crippen molar-refractivity contribution >= 4 is 11.6 Å². The second kappa shape index (κ2) is 7.46. The summed E-state index contributed by atoms with van der Waals surface area (Å²) in [6.45, 7) is 3.25. The average Bonchev–Trinajstić information content (AvgIpc) is 3.24. The summed E-state index contributed by atoms with van der Waals surface area (Å²) in [5.74, 6) is 2.72. The topological polar surface area (TPSA) is 74.4 Å². The number of aryl methyl sites for hydroxylation is 1. The molecule has 0 aromatic carbocycles. The Balaban J connectivity index is 1.58. The Kier molecular flexibility index (Phi) is 5.12. The zero-order chi connectivity index (χ0) is 16.1. The predicted octanol–water partition coefficient (Wildman–Crippen LogP) is 2.46. The number of furan rings is 1. The first-order chi connectivity index (χ1) is 11.3. The van der Waals surface area contributed by atoms with Crippen LogP contribution in [0, 0.1) is 0 Å². The lowest BCUT2D eigenvalue weighted by Crippen LogP contribution is -2.32. The molecular weight excluding hydrogens is 292 g/mol. The van der Waals surface area contributed by atoms with Crippen LogP contribution >= 0.6 is 0 Å². The molecule has 3 heterocycles. The predicted molar refractivity (Wildman–Crippen MR) is 89.6 cm³/mol. The van der Waals surface area contributed by atoms with Crippen molar-refractivity contribution in [3.63, 3.8) is 0 Å². The molecular formula is C17H24N4O2. The van der Waals surface area contributed by atoms with Crippen LogP contribution in [-0.2, 0) is 6.42 Å². The van der Waals surface area contributed by atoms with Gasteiger partial charge in [-0.25, -0.2) is 9.97 Å². The van der Waals surface area contributed by atoms with E-state index in [-0.39, 0.29) is 18.7 Å². The van der Waals surface area contributed by atoms with Gasteiger partial charge in [-0.05, 0) is 38.3 Å². The van der Waals surface area contributed by atoms with Crippen LogP contribution in [0.5, 0.6) is 0 Å². The Hall–Kier alpha value is -2.08. The number of aromatic nitrogens is 2. The molecule has 2 aromatic heterocycles. The molecule has 1 aliphatic heterocycles. The maximum Gasteiger partial charge on any atom is 0.134 e. The zero-order valence-corrected chi connectivity index (χ0v) is 13.5. The molecule has 1 aliphatic rings. The third kappa shape index (κ3) is 4.01. The van der Waals surface area contributed by atoms with E-state index in [4.69, 9.17) is 4.42 Å². The van der Waals surface area contributed by atoms with E-state index in [2.05, 4.69) is 27.1 Å². The van der Waals surface area contributed by atoms with Gasteiger partial charge in [-0.15, -0.1) is 0 Å². The number of hydrogen-bond donors (Lipinski definition) is 2. The molecule has 6 heteroatoms. The zero-order valence-electron chi connectivity index (χ0n) is 13.5. The molecule has 3 rings (SSSR count). The Morgan fingerprint density at radius 1 is 1.48 bits per heavy atom. The van der Waals surface area contributed by atoms with Gasteiger partial charge in [0.15, 0.2) is 0 Å². The molecule has 0 spiro atoms. The monoisotopic (exact) mass is 316 g/mol. The number of nitrogens with zero attached hydrogens (tertiary/aromatic N) is 3. The molecule has 6 nitrogen and oxygen atoms in total. The van der Waals surface area contributed by atoms with E-state index in [0.717, 1.165) is 49.6 Å². The van der Waals surface area contributed by atoms with Gasteiger partial charge in [-0.3, -0.25) is 0 Å². The van der Waals surface area contributed by atoms with E-state index in [1.54, 1.807) is 12.6 Å². The van der Waals surface area contributed by atoms with Gasteiger partial charge in [0.2, 0.25) is 0 Å². The van der Waals surface area contributed by atoms with Crippen LogP contribution in [0.1, 0.15) is 31.9 Å². The molecule has 1 saturated heterocycles. The maximum absolute atomic E-state index is 9.46. The smallest absolute Gasteiger partial charge is 0.134 e. The van der Waals surface area contributed by atoms with E-state index in [9.17, 15) is 5.11 Å². The summed E-state index contributed by atoms with van der Waals surface area (Å²) >= 11 is 0. The second-order valence-corrected chi connectivity index (χ2v) is 6.10. The van der Waals surface area contributed by atoms with Crippen LogP contribution in [0.15, 0.2) is 35.2 Å². The first-order valence-electron chi connectivity index (χ1n) is 8.24. The number of hydrogen-bond acceptors (Lipinski definition) is 6. The lowest BCUT2D eigenvalue weighted by atomic mass is 10.1. The van der Waals surface area contributed by atoms with E-state index in [0.29, 0.717) is 0 Å². The molecule has 1 fully saturated rings. The third-order valence-electron chi connectivity index (χ3n) is 4.33. The molecule has 2 aromatic rings. The van der Waals surface area contributed by atoms with Crippen molar-refractivity contribution in [2.24, 2.45) is 0 Å². The molecule has 2 N–H and O–H groups in total. The summed E-state index contributed by atoms with van der Waals surface area (Å²) in [5, 5.41) is 12.9. The minimum absolute atomic E-state index is 0.173. The van der Waals surface area contributed by atoms with Crippen LogP contribution in [-0.4, -0.2) is 40.3 Å². The van der Waals surface area contributed by atoms with Gasteiger partial charge in [0.05, 0.1) is 18.9 Å². The molecule has 0 amide bonds.